The molecule has 2 aromatic heterocycles. The molecule has 4 rings (SSSR count). The van der Waals surface area contributed by atoms with Gasteiger partial charge in [0.1, 0.15) is 11.4 Å². The van der Waals surface area contributed by atoms with Gasteiger partial charge in [-0.3, -0.25) is 4.90 Å². The van der Waals surface area contributed by atoms with Crippen molar-refractivity contribution in [1.82, 2.24) is 14.1 Å². The molecule has 6 heteroatoms. The summed E-state index contributed by atoms with van der Waals surface area (Å²) in [5, 5.41) is 12.8. The van der Waals surface area contributed by atoms with Crippen LogP contribution in [0.5, 0.6) is 5.75 Å². The minimum atomic E-state index is -1.96. The summed E-state index contributed by atoms with van der Waals surface area (Å²) in [7, 11) is -0.274. The third kappa shape index (κ3) is 4.75. The molecular formula is C30H45N3O2Si. The molecule has 0 bridgehead atoms. The number of fused-ring (bicyclic) bond motifs is 1. The predicted octanol–water partition coefficient (Wildman–Crippen LogP) is 7.01. The second kappa shape index (κ2) is 11.1. The number of aliphatic hydroxyl groups is 1. The first kappa shape index (κ1) is 26.9. The van der Waals surface area contributed by atoms with Crippen LogP contribution in [-0.2, 0) is 6.54 Å². The Hall–Kier alpha value is -2.15. The van der Waals surface area contributed by atoms with Crippen molar-refractivity contribution in [3.63, 3.8) is 0 Å². The van der Waals surface area contributed by atoms with E-state index in [1.165, 1.54) is 5.56 Å². The minimum Gasteiger partial charge on any atom is -0.495 e. The Labute approximate surface area is 218 Å². The molecule has 36 heavy (non-hydrogen) atoms. The highest BCUT2D eigenvalue weighted by Crippen LogP contribution is 2.46. The van der Waals surface area contributed by atoms with Gasteiger partial charge in [-0.05, 0) is 66.3 Å². The lowest BCUT2D eigenvalue weighted by molar-refractivity contribution is 0.0561. The number of pyridine rings is 1. The molecule has 0 spiro atoms. The molecule has 0 amide bonds. The van der Waals surface area contributed by atoms with E-state index in [4.69, 9.17) is 9.72 Å². The van der Waals surface area contributed by atoms with Crippen molar-refractivity contribution >= 4 is 19.3 Å². The molecule has 1 aliphatic rings. The number of hydrogen-bond acceptors (Lipinski definition) is 4. The van der Waals surface area contributed by atoms with E-state index in [1.54, 1.807) is 7.11 Å². The highest BCUT2D eigenvalue weighted by Gasteiger charge is 2.46. The standard InChI is InChI=1S/C30H45N3O2Si/c1-21(2)36(22(3)4,23(5)6)33-18-15-26-28(27(35-7)19-31-30(26)33)29(34)25-13-16-32(17-14-25)20-24-11-9-8-10-12-24/h8-12,15,18-19,21-23,25,29,34H,13-14,16-17,20H2,1-7H3. The fourth-order valence-electron chi connectivity index (χ4n) is 7.21. The number of benzene rings is 1. The zero-order valence-electron chi connectivity index (χ0n) is 23.2. The number of aromatic nitrogens is 2. The molecule has 1 unspecified atom stereocenters. The van der Waals surface area contributed by atoms with E-state index in [0.717, 1.165) is 49.1 Å². The van der Waals surface area contributed by atoms with Crippen LogP contribution in [0.3, 0.4) is 0 Å². The molecule has 0 saturated carbocycles. The molecule has 1 aliphatic heterocycles. The van der Waals surface area contributed by atoms with E-state index >= 15 is 0 Å². The number of piperidine rings is 1. The number of nitrogens with zero attached hydrogens (tertiary/aromatic N) is 3. The second-order valence-corrected chi connectivity index (χ2v) is 17.3. The van der Waals surface area contributed by atoms with Crippen molar-refractivity contribution in [2.45, 2.75) is 83.7 Å². The first-order chi connectivity index (χ1) is 17.2. The summed E-state index contributed by atoms with van der Waals surface area (Å²) in [5.41, 5.74) is 4.98. The molecule has 3 aromatic rings. The van der Waals surface area contributed by atoms with Crippen LogP contribution in [-0.4, -0.2) is 47.7 Å². The zero-order valence-corrected chi connectivity index (χ0v) is 24.2. The van der Waals surface area contributed by atoms with Crippen molar-refractivity contribution in [2.24, 2.45) is 5.92 Å². The number of methoxy groups -OCH3 is 1. The maximum Gasteiger partial charge on any atom is 0.171 e. The van der Waals surface area contributed by atoms with E-state index in [0.29, 0.717) is 22.4 Å². The van der Waals surface area contributed by atoms with Crippen LogP contribution in [0, 0.1) is 5.92 Å². The van der Waals surface area contributed by atoms with Crippen molar-refractivity contribution in [1.29, 1.82) is 0 Å². The molecule has 196 valence electrons. The average Bonchev–Trinajstić information content (AvgIpc) is 3.28. The molecule has 3 heterocycles. The van der Waals surface area contributed by atoms with Gasteiger partial charge in [-0.25, -0.2) is 4.98 Å². The molecule has 5 nitrogen and oxygen atoms in total. The molecule has 0 radical (unpaired) electrons. The molecule has 1 N–H and O–H groups in total. The molecule has 0 aliphatic carbocycles. The molecular weight excluding hydrogens is 462 g/mol. The monoisotopic (exact) mass is 507 g/mol. The minimum absolute atomic E-state index is 0.210. The van der Waals surface area contributed by atoms with Crippen LogP contribution >= 0.6 is 0 Å². The summed E-state index contributed by atoms with van der Waals surface area (Å²) in [5.74, 6) is 0.910. The Morgan fingerprint density at radius 2 is 1.58 bits per heavy atom. The fraction of sp³-hybridized carbons (Fsp3) is 0.567. The SMILES string of the molecule is COc1cnc2c(ccn2[Si](C(C)C)(C(C)C)C(C)C)c1C(O)C1CCN(Cc2ccccc2)CC1. The Morgan fingerprint density at radius 1 is 0.972 bits per heavy atom. The number of likely N-dealkylation sites (tertiary alicyclic amines) is 1. The first-order valence-corrected chi connectivity index (χ1v) is 15.9. The van der Waals surface area contributed by atoms with E-state index in [1.807, 2.05) is 6.20 Å². The maximum atomic E-state index is 11.7. The van der Waals surface area contributed by atoms with E-state index in [9.17, 15) is 5.11 Å². The fourth-order valence-corrected chi connectivity index (χ4v) is 13.8. The first-order valence-electron chi connectivity index (χ1n) is 13.7. The van der Waals surface area contributed by atoms with Gasteiger partial charge in [0.2, 0.25) is 0 Å². The van der Waals surface area contributed by atoms with Crippen molar-refractivity contribution in [2.75, 3.05) is 20.2 Å². The summed E-state index contributed by atoms with van der Waals surface area (Å²) in [6.45, 7) is 17.2. The number of hydrogen-bond donors (Lipinski definition) is 1. The number of rotatable bonds is 9. The van der Waals surface area contributed by atoms with Gasteiger partial charge in [0.25, 0.3) is 0 Å². The second-order valence-electron chi connectivity index (χ2n) is 11.6. The summed E-state index contributed by atoms with van der Waals surface area (Å²) in [6.07, 6.45) is 5.48. The quantitative estimate of drug-likeness (QED) is 0.316. The van der Waals surface area contributed by atoms with Crippen LogP contribution in [0.25, 0.3) is 11.0 Å². The van der Waals surface area contributed by atoms with Crippen LogP contribution in [0.4, 0.5) is 0 Å². The number of aliphatic hydroxyl groups excluding tert-OH is 1. The van der Waals surface area contributed by atoms with Gasteiger partial charge in [0.15, 0.2) is 8.24 Å². The van der Waals surface area contributed by atoms with Crippen LogP contribution in [0.15, 0.2) is 48.8 Å². The lowest BCUT2D eigenvalue weighted by Crippen LogP contribution is -2.51. The summed E-state index contributed by atoms with van der Waals surface area (Å²) >= 11 is 0. The van der Waals surface area contributed by atoms with Gasteiger partial charge in [-0.2, -0.15) is 0 Å². The molecule has 1 saturated heterocycles. The smallest absolute Gasteiger partial charge is 0.171 e. The lowest BCUT2D eigenvalue weighted by Gasteiger charge is -2.44. The van der Waals surface area contributed by atoms with E-state index in [-0.39, 0.29) is 5.92 Å². The topological polar surface area (TPSA) is 50.5 Å². The molecule has 1 aromatic carbocycles. The Kier molecular flexibility index (Phi) is 8.27. The highest BCUT2D eigenvalue weighted by molar-refractivity contribution is 6.82. The van der Waals surface area contributed by atoms with Gasteiger partial charge in [-0.1, -0.05) is 71.9 Å². The Morgan fingerprint density at radius 3 is 2.14 bits per heavy atom. The summed E-state index contributed by atoms with van der Waals surface area (Å²) in [4.78, 5) is 7.43. The Bertz CT molecular complexity index is 1110. The van der Waals surface area contributed by atoms with E-state index < -0.39 is 14.3 Å². The molecule has 1 fully saturated rings. The lowest BCUT2D eigenvalue weighted by atomic mass is 9.86. The Balaban J connectivity index is 1.65. The highest BCUT2D eigenvalue weighted by atomic mass is 28.3. The third-order valence-electron chi connectivity index (χ3n) is 8.75. The number of ether oxygens (including phenoxy) is 1. The van der Waals surface area contributed by atoms with Gasteiger partial charge in [-0.15, -0.1) is 0 Å². The van der Waals surface area contributed by atoms with E-state index in [2.05, 4.69) is 93.3 Å². The van der Waals surface area contributed by atoms with Crippen LogP contribution < -0.4 is 4.74 Å². The van der Waals surface area contributed by atoms with Gasteiger partial charge in [0, 0.05) is 17.5 Å². The largest absolute Gasteiger partial charge is 0.495 e. The van der Waals surface area contributed by atoms with Gasteiger partial charge < -0.3 is 14.1 Å². The van der Waals surface area contributed by atoms with Crippen molar-refractivity contribution < 1.29 is 9.84 Å². The predicted molar refractivity (Wildman–Crippen MR) is 152 cm³/mol. The van der Waals surface area contributed by atoms with Crippen molar-refractivity contribution in [3.05, 3.63) is 59.9 Å². The zero-order chi connectivity index (χ0) is 26.0. The van der Waals surface area contributed by atoms with Crippen LogP contribution in [0.2, 0.25) is 16.6 Å². The normalized spacial score (nSPS) is 17.0. The summed E-state index contributed by atoms with van der Waals surface area (Å²) in [6, 6.07) is 12.8. The third-order valence-corrected chi connectivity index (χ3v) is 15.5. The average molecular weight is 508 g/mol. The molecule has 1 atom stereocenters. The van der Waals surface area contributed by atoms with Gasteiger partial charge in [0.05, 0.1) is 19.4 Å². The van der Waals surface area contributed by atoms with Gasteiger partial charge >= 0.3 is 0 Å². The van der Waals surface area contributed by atoms with Crippen molar-refractivity contribution in [3.8, 4) is 5.75 Å². The van der Waals surface area contributed by atoms with Crippen LogP contribution in [0.1, 0.15) is 71.6 Å². The summed E-state index contributed by atoms with van der Waals surface area (Å²) < 4.78 is 8.30. The maximum absolute atomic E-state index is 11.7.